The number of esters is 1. The number of hydrogen-bond acceptors (Lipinski definition) is 9. The van der Waals surface area contributed by atoms with Crippen LogP contribution in [0.3, 0.4) is 0 Å². The molecule has 1 heterocycles. The Kier molecular flexibility index (Phi) is 7.58. The molecule has 10 heteroatoms. The van der Waals surface area contributed by atoms with E-state index in [-0.39, 0.29) is 17.2 Å². The van der Waals surface area contributed by atoms with Crippen molar-refractivity contribution in [3.8, 4) is 40.6 Å². The number of methoxy groups -OCH3 is 3. The van der Waals surface area contributed by atoms with Gasteiger partial charge in [0.1, 0.15) is 34.7 Å². The minimum absolute atomic E-state index is 0.0877. The molecule has 2 N–H and O–H groups in total. The van der Waals surface area contributed by atoms with Crippen molar-refractivity contribution in [3.63, 3.8) is 0 Å². The first kappa shape index (κ1) is 26.2. The van der Waals surface area contributed by atoms with Gasteiger partial charge in [0.25, 0.3) is 0 Å². The van der Waals surface area contributed by atoms with Crippen molar-refractivity contribution >= 4 is 5.97 Å². The second kappa shape index (κ2) is 11.0. The summed E-state index contributed by atoms with van der Waals surface area (Å²) in [5.74, 6) is 0.223. The fourth-order valence-electron chi connectivity index (χ4n) is 4.07. The number of halogens is 1. The lowest BCUT2D eigenvalue weighted by atomic mass is 9.83. The molecule has 0 aromatic heterocycles. The summed E-state index contributed by atoms with van der Waals surface area (Å²) in [4.78, 5) is 12.6. The van der Waals surface area contributed by atoms with Gasteiger partial charge in [0.15, 0.2) is 17.6 Å². The third-order valence-corrected chi connectivity index (χ3v) is 5.89. The summed E-state index contributed by atoms with van der Waals surface area (Å²) in [6.07, 6.45) is -0.973. The number of benzene rings is 3. The number of carbonyl (C=O) groups is 1. The third kappa shape index (κ3) is 5.13. The van der Waals surface area contributed by atoms with E-state index in [0.29, 0.717) is 39.9 Å². The number of nitriles is 1. The van der Waals surface area contributed by atoms with E-state index in [2.05, 4.69) is 6.07 Å². The average Bonchev–Trinajstić information content (AvgIpc) is 2.92. The van der Waals surface area contributed by atoms with Crippen LogP contribution in [0.25, 0.3) is 0 Å². The van der Waals surface area contributed by atoms with Gasteiger partial charge in [-0.1, -0.05) is 6.07 Å². The number of ether oxygens (including phenoxy) is 6. The SMILES string of the molecule is COc1cc(C2C(C#N)=C(N)Oc3cc(OC(=O)C(C)Oc4ccc(F)cc4)ccc32)cc(OC)c1OC. The van der Waals surface area contributed by atoms with Gasteiger partial charge >= 0.3 is 5.97 Å². The zero-order valence-corrected chi connectivity index (χ0v) is 21.1. The van der Waals surface area contributed by atoms with Crippen LogP contribution in [0.2, 0.25) is 0 Å². The molecule has 2 atom stereocenters. The van der Waals surface area contributed by atoms with Gasteiger partial charge in [0, 0.05) is 11.6 Å². The van der Waals surface area contributed by atoms with E-state index in [1.807, 2.05) is 0 Å². The molecule has 4 rings (SSSR count). The Morgan fingerprint density at radius 2 is 1.63 bits per heavy atom. The monoisotopic (exact) mass is 520 g/mol. The Balaban J connectivity index is 1.65. The van der Waals surface area contributed by atoms with Crippen molar-refractivity contribution < 1.29 is 37.6 Å². The minimum Gasteiger partial charge on any atom is -0.493 e. The highest BCUT2D eigenvalue weighted by molar-refractivity contribution is 5.77. The van der Waals surface area contributed by atoms with E-state index in [0.717, 1.165) is 0 Å². The van der Waals surface area contributed by atoms with Gasteiger partial charge in [-0.15, -0.1) is 0 Å². The Morgan fingerprint density at radius 3 is 2.21 bits per heavy atom. The topological polar surface area (TPSA) is 122 Å². The highest BCUT2D eigenvalue weighted by Gasteiger charge is 2.33. The summed E-state index contributed by atoms with van der Waals surface area (Å²) in [6.45, 7) is 1.51. The molecule has 0 amide bonds. The van der Waals surface area contributed by atoms with Crippen molar-refractivity contribution in [2.24, 2.45) is 5.73 Å². The first-order valence-electron chi connectivity index (χ1n) is 11.4. The van der Waals surface area contributed by atoms with Crippen LogP contribution in [-0.4, -0.2) is 33.4 Å². The van der Waals surface area contributed by atoms with Crippen molar-refractivity contribution in [1.82, 2.24) is 0 Å². The van der Waals surface area contributed by atoms with Gasteiger partial charge in [-0.3, -0.25) is 0 Å². The first-order chi connectivity index (χ1) is 18.3. The molecule has 0 spiro atoms. The highest BCUT2D eigenvalue weighted by atomic mass is 19.1. The maximum atomic E-state index is 13.1. The van der Waals surface area contributed by atoms with E-state index in [4.69, 9.17) is 34.2 Å². The lowest BCUT2D eigenvalue weighted by Gasteiger charge is -2.27. The molecule has 1 aliphatic heterocycles. The quantitative estimate of drug-likeness (QED) is 0.339. The van der Waals surface area contributed by atoms with Crippen LogP contribution in [0, 0.1) is 17.1 Å². The number of rotatable bonds is 8. The zero-order chi connectivity index (χ0) is 27.4. The summed E-state index contributed by atoms with van der Waals surface area (Å²) in [6, 6.07) is 15.6. The summed E-state index contributed by atoms with van der Waals surface area (Å²) in [5.41, 5.74) is 7.57. The number of nitrogens with zero attached hydrogens (tertiary/aromatic N) is 1. The van der Waals surface area contributed by atoms with Crippen LogP contribution < -0.4 is 34.2 Å². The second-order valence-electron chi connectivity index (χ2n) is 8.22. The van der Waals surface area contributed by atoms with Crippen LogP contribution in [-0.2, 0) is 4.79 Å². The number of fused-ring (bicyclic) bond motifs is 1. The smallest absolute Gasteiger partial charge is 0.352 e. The molecule has 0 saturated carbocycles. The summed E-state index contributed by atoms with van der Waals surface area (Å²) >= 11 is 0. The van der Waals surface area contributed by atoms with Crippen molar-refractivity contribution in [2.45, 2.75) is 18.9 Å². The molecule has 9 nitrogen and oxygen atoms in total. The molecule has 3 aromatic carbocycles. The molecular formula is C28H25FN2O7. The van der Waals surface area contributed by atoms with Crippen molar-refractivity contribution in [3.05, 3.63) is 83.0 Å². The molecule has 0 radical (unpaired) electrons. The molecule has 3 aromatic rings. The Bertz CT molecular complexity index is 1410. The molecule has 1 aliphatic rings. The summed E-state index contributed by atoms with van der Waals surface area (Å²) in [5, 5.41) is 9.88. The maximum absolute atomic E-state index is 13.1. The third-order valence-electron chi connectivity index (χ3n) is 5.89. The molecule has 0 aliphatic carbocycles. The number of carbonyl (C=O) groups excluding carboxylic acids is 1. The van der Waals surface area contributed by atoms with Crippen LogP contribution in [0.1, 0.15) is 24.0 Å². The molecule has 38 heavy (non-hydrogen) atoms. The van der Waals surface area contributed by atoms with Crippen LogP contribution >= 0.6 is 0 Å². The molecular weight excluding hydrogens is 495 g/mol. The van der Waals surface area contributed by atoms with Gasteiger partial charge < -0.3 is 34.2 Å². The molecule has 0 fully saturated rings. The normalized spacial score (nSPS) is 14.9. The standard InChI is InChI=1S/C28H25FN2O7/c1-15(36-18-7-5-17(29)6-8-18)28(32)37-19-9-10-20-22(13-19)38-27(31)21(14-30)25(20)16-11-23(33-2)26(35-4)24(12-16)34-3/h5-13,15,25H,31H2,1-4H3. The minimum atomic E-state index is -0.973. The number of hydrogen-bond donors (Lipinski definition) is 1. The first-order valence-corrected chi connectivity index (χ1v) is 11.4. The van der Waals surface area contributed by atoms with Gasteiger partial charge in [-0.2, -0.15) is 5.26 Å². The predicted octanol–water partition coefficient (Wildman–Crippen LogP) is 4.44. The lowest BCUT2D eigenvalue weighted by Crippen LogP contribution is -2.28. The van der Waals surface area contributed by atoms with Gasteiger partial charge in [0.2, 0.25) is 11.6 Å². The fraction of sp³-hybridized carbons (Fsp3) is 0.214. The zero-order valence-electron chi connectivity index (χ0n) is 21.1. The molecule has 196 valence electrons. The summed E-state index contributed by atoms with van der Waals surface area (Å²) < 4.78 is 46.2. The lowest BCUT2D eigenvalue weighted by molar-refractivity contribution is -0.141. The maximum Gasteiger partial charge on any atom is 0.352 e. The average molecular weight is 521 g/mol. The van der Waals surface area contributed by atoms with E-state index >= 15 is 0 Å². The Labute approximate surface area is 218 Å². The van der Waals surface area contributed by atoms with Crippen LogP contribution in [0.4, 0.5) is 4.39 Å². The van der Waals surface area contributed by atoms with Gasteiger partial charge in [0.05, 0.1) is 27.2 Å². The second-order valence-corrected chi connectivity index (χ2v) is 8.22. The van der Waals surface area contributed by atoms with Crippen molar-refractivity contribution in [1.29, 1.82) is 5.26 Å². The van der Waals surface area contributed by atoms with Crippen molar-refractivity contribution in [2.75, 3.05) is 21.3 Å². The fourth-order valence-corrected chi connectivity index (χ4v) is 4.07. The van der Waals surface area contributed by atoms with E-state index < -0.39 is 23.8 Å². The van der Waals surface area contributed by atoms with Crippen LogP contribution in [0.15, 0.2) is 66.1 Å². The molecule has 2 unspecified atom stereocenters. The number of nitrogens with two attached hydrogens (primary N) is 1. The summed E-state index contributed by atoms with van der Waals surface area (Å²) in [7, 11) is 4.49. The van der Waals surface area contributed by atoms with Crippen LogP contribution in [0.5, 0.6) is 34.5 Å². The number of allylic oxidation sites excluding steroid dienone is 1. The molecule has 0 saturated heterocycles. The highest BCUT2D eigenvalue weighted by Crippen LogP contribution is 2.47. The van der Waals surface area contributed by atoms with Gasteiger partial charge in [-0.25, -0.2) is 9.18 Å². The Hall–Kier alpha value is -4.91. The predicted molar refractivity (Wildman–Crippen MR) is 134 cm³/mol. The molecule has 0 bridgehead atoms. The van der Waals surface area contributed by atoms with E-state index in [9.17, 15) is 14.4 Å². The van der Waals surface area contributed by atoms with E-state index in [1.54, 1.807) is 24.3 Å². The van der Waals surface area contributed by atoms with Gasteiger partial charge in [-0.05, 0) is 55.0 Å². The largest absolute Gasteiger partial charge is 0.493 e. The van der Waals surface area contributed by atoms with E-state index in [1.165, 1.54) is 58.6 Å². The Morgan fingerprint density at radius 1 is 1.00 bits per heavy atom.